The summed E-state index contributed by atoms with van der Waals surface area (Å²) in [6, 6.07) is 6.14. The highest BCUT2D eigenvalue weighted by Gasteiger charge is 2.06. The number of hydrogen-bond acceptors (Lipinski definition) is 3. The predicted molar refractivity (Wildman–Crippen MR) is 69.7 cm³/mol. The molecule has 0 unspecified atom stereocenters. The summed E-state index contributed by atoms with van der Waals surface area (Å²) in [5, 5.41) is 3.11. The molecule has 1 aromatic rings. The second-order valence-corrected chi connectivity index (χ2v) is 3.99. The number of hydrogen-bond donors (Lipinski definition) is 1. The lowest BCUT2D eigenvalue weighted by molar-refractivity contribution is 0.779. The van der Waals surface area contributed by atoms with E-state index in [0.717, 1.165) is 36.7 Å². The van der Waals surface area contributed by atoms with Crippen molar-refractivity contribution in [1.82, 2.24) is 10.3 Å². The molecule has 0 aliphatic carbocycles. The van der Waals surface area contributed by atoms with Gasteiger partial charge in [-0.15, -0.1) is 0 Å². The van der Waals surface area contributed by atoms with E-state index < -0.39 is 0 Å². The van der Waals surface area contributed by atoms with E-state index in [9.17, 15) is 0 Å². The number of nitrogens with one attached hydrogen (secondary N) is 1. The van der Waals surface area contributed by atoms with Gasteiger partial charge in [-0.05, 0) is 33.0 Å². The first-order valence-electron chi connectivity index (χ1n) is 5.67. The molecule has 0 aliphatic rings. The van der Waals surface area contributed by atoms with Crippen LogP contribution in [-0.2, 0) is 6.54 Å². The minimum atomic E-state index is 0.804. The van der Waals surface area contributed by atoms with E-state index in [2.05, 4.69) is 34.8 Å². The zero-order chi connectivity index (χ0) is 12.0. The summed E-state index contributed by atoms with van der Waals surface area (Å²) in [6.07, 6.45) is 0. The van der Waals surface area contributed by atoms with E-state index in [1.807, 2.05) is 26.1 Å². The molecule has 0 amide bonds. The number of aromatic nitrogens is 1. The fraction of sp³-hybridized carbons (Fsp3) is 0.462. The lowest BCUT2D eigenvalue weighted by atomic mass is 10.3. The molecule has 0 bridgehead atoms. The third-order valence-electron chi connectivity index (χ3n) is 2.32. The third-order valence-corrected chi connectivity index (χ3v) is 2.32. The summed E-state index contributed by atoms with van der Waals surface area (Å²) >= 11 is 0. The van der Waals surface area contributed by atoms with Crippen LogP contribution in [0, 0.1) is 0 Å². The highest BCUT2D eigenvalue weighted by Crippen LogP contribution is 2.12. The van der Waals surface area contributed by atoms with Crippen LogP contribution in [0.25, 0.3) is 0 Å². The Bertz CT molecular complexity index is 347. The van der Waals surface area contributed by atoms with E-state index in [4.69, 9.17) is 0 Å². The molecule has 16 heavy (non-hydrogen) atoms. The van der Waals surface area contributed by atoms with Gasteiger partial charge in [0.1, 0.15) is 5.82 Å². The first-order chi connectivity index (χ1) is 7.67. The maximum absolute atomic E-state index is 4.61. The van der Waals surface area contributed by atoms with E-state index in [1.165, 1.54) is 0 Å². The first-order valence-corrected chi connectivity index (χ1v) is 5.67. The molecule has 0 saturated carbocycles. The van der Waals surface area contributed by atoms with Gasteiger partial charge in [-0.1, -0.05) is 18.2 Å². The molecule has 0 saturated heterocycles. The smallest absolute Gasteiger partial charge is 0.129 e. The molecule has 0 aromatic carbocycles. The van der Waals surface area contributed by atoms with E-state index in [-0.39, 0.29) is 0 Å². The van der Waals surface area contributed by atoms with Crippen molar-refractivity contribution < 1.29 is 0 Å². The van der Waals surface area contributed by atoms with Crippen LogP contribution in [0.1, 0.15) is 19.5 Å². The van der Waals surface area contributed by atoms with Crippen LogP contribution in [0.3, 0.4) is 0 Å². The Kier molecular flexibility index (Phi) is 4.99. The van der Waals surface area contributed by atoms with E-state index >= 15 is 0 Å². The standard InChI is InChI=1S/C13H21N3/c1-5-16(10-11(2)3)13-8-6-7-12(15-13)9-14-4/h6-8,14H,2,5,9-10H2,1,3-4H3. The highest BCUT2D eigenvalue weighted by atomic mass is 15.2. The van der Waals surface area contributed by atoms with Crippen LogP contribution in [-0.4, -0.2) is 25.1 Å². The van der Waals surface area contributed by atoms with Crippen molar-refractivity contribution in [2.45, 2.75) is 20.4 Å². The van der Waals surface area contributed by atoms with E-state index in [0.29, 0.717) is 0 Å². The Morgan fingerprint density at radius 3 is 2.81 bits per heavy atom. The fourth-order valence-corrected chi connectivity index (χ4v) is 1.60. The Morgan fingerprint density at radius 1 is 1.50 bits per heavy atom. The van der Waals surface area contributed by atoms with Gasteiger partial charge < -0.3 is 10.2 Å². The molecule has 88 valence electrons. The monoisotopic (exact) mass is 219 g/mol. The zero-order valence-electron chi connectivity index (χ0n) is 10.5. The first kappa shape index (κ1) is 12.7. The van der Waals surface area contributed by atoms with Crippen molar-refractivity contribution in [3.8, 4) is 0 Å². The van der Waals surface area contributed by atoms with Gasteiger partial charge in [0.05, 0.1) is 5.69 Å². The van der Waals surface area contributed by atoms with Crippen LogP contribution in [0.2, 0.25) is 0 Å². The Labute approximate surface area is 98.2 Å². The van der Waals surface area contributed by atoms with Crippen molar-refractivity contribution in [1.29, 1.82) is 0 Å². The van der Waals surface area contributed by atoms with Crippen molar-refractivity contribution in [3.05, 3.63) is 36.0 Å². The molecule has 1 N–H and O–H groups in total. The van der Waals surface area contributed by atoms with Gasteiger partial charge in [0.25, 0.3) is 0 Å². The maximum atomic E-state index is 4.61. The molecular weight excluding hydrogens is 198 g/mol. The summed E-state index contributed by atoms with van der Waals surface area (Å²) in [6.45, 7) is 10.7. The number of rotatable bonds is 6. The molecule has 0 spiro atoms. The molecule has 3 heteroatoms. The maximum Gasteiger partial charge on any atom is 0.129 e. The Morgan fingerprint density at radius 2 is 2.25 bits per heavy atom. The lowest BCUT2D eigenvalue weighted by Gasteiger charge is -2.22. The zero-order valence-corrected chi connectivity index (χ0v) is 10.5. The molecule has 0 atom stereocenters. The highest BCUT2D eigenvalue weighted by molar-refractivity contribution is 5.40. The van der Waals surface area contributed by atoms with Crippen LogP contribution in [0.5, 0.6) is 0 Å². The molecule has 0 fully saturated rings. The summed E-state index contributed by atoms with van der Waals surface area (Å²) in [5.74, 6) is 1.03. The van der Waals surface area contributed by atoms with E-state index in [1.54, 1.807) is 0 Å². The van der Waals surface area contributed by atoms with Gasteiger partial charge in [0.2, 0.25) is 0 Å². The summed E-state index contributed by atoms with van der Waals surface area (Å²) in [5.41, 5.74) is 2.22. The topological polar surface area (TPSA) is 28.2 Å². The van der Waals surface area contributed by atoms with Crippen molar-refractivity contribution in [2.24, 2.45) is 0 Å². The Hall–Kier alpha value is -1.35. The number of likely N-dealkylation sites (N-methyl/N-ethyl adjacent to an activating group) is 1. The molecule has 0 radical (unpaired) electrons. The summed E-state index contributed by atoms with van der Waals surface area (Å²) in [4.78, 5) is 6.83. The number of pyridine rings is 1. The second-order valence-electron chi connectivity index (χ2n) is 3.99. The van der Waals surface area contributed by atoms with Gasteiger partial charge in [-0.2, -0.15) is 0 Å². The van der Waals surface area contributed by atoms with Crippen LogP contribution in [0.4, 0.5) is 5.82 Å². The predicted octanol–water partition coefficient (Wildman–Crippen LogP) is 2.20. The molecule has 0 aliphatic heterocycles. The van der Waals surface area contributed by atoms with Crippen molar-refractivity contribution >= 4 is 5.82 Å². The minimum Gasteiger partial charge on any atom is -0.353 e. The number of nitrogens with zero attached hydrogens (tertiary/aromatic N) is 2. The van der Waals surface area contributed by atoms with Crippen LogP contribution < -0.4 is 10.2 Å². The van der Waals surface area contributed by atoms with Crippen molar-refractivity contribution in [3.63, 3.8) is 0 Å². The molecular formula is C13H21N3. The quantitative estimate of drug-likeness (QED) is 0.743. The fourth-order valence-electron chi connectivity index (χ4n) is 1.60. The van der Waals surface area contributed by atoms with Gasteiger partial charge >= 0.3 is 0 Å². The lowest BCUT2D eigenvalue weighted by Crippen LogP contribution is -2.25. The summed E-state index contributed by atoms with van der Waals surface area (Å²) < 4.78 is 0. The molecule has 1 aromatic heterocycles. The third kappa shape index (κ3) is 3.66. The van der Waals surface area contributed by atoms with Gasteiger partial charge in [0.15, 0.2) is 0 Å². The van der Waals surface area contributed by atoms with Crippen LogP contribution in [0.15, 0.2) is 30.4 Å². The molecule has 1 rings (SSSR count). The average Bonchev–Trinajstić information content (AvgIpc) is 2.26. The van der Waals surface area contributed by atoms with Gasteiger partial charge in [-0.3, -0.25) is 0 Å². The van der Waals surface area contributed by atoms with Crippen molar-refractivity contribution in [2.75, 3.05) is 25.0 Å². The molecule has 1 heterocycles. The molecule has 3 nitrogen and oxygen atoms in total. The normalized spacial score (nSPS) is 10.2. The average molecular weight is 219 g/mol. The summed E-state index contributed by atoms with van der Waals surface area (Å²) in [7, 11) is 1.93. The van der Waals surface area contributed by atoms with Crippen LogP contribution >= 0.6 is 0 Å². The van der Waals surface area contributed by atoms with Gasteiger partial charge in [-0.25, -0.2) is 4.98 Å². The second kappa shape index (κ2) is 6.28. The SMILES string of the molecule is C=C(C)CN(CC)c1cccc(CNC)n1. The number of anilines is 1. The largest absolute Gasteiger partial charge is 0.353 e. The van der Waals surface area contributed by atoms with Gasteiger partial charge in [0, 0.05) is 19.6 Å². The Balaban J connectivity index is 2.83. The minimum absolute atomic E-state index is 0.804.